The summed E-state index contributed by atoms with van der Waals surface area (Å²) in [6.07, 6.45) is 0. The van der Waals surface area contributed by atoms with Crippen LogP contribution in [-0.2, 0) is 5.41 Å². The summed E-state index contributed by atoms with van der Waals surface area (Å²) in [5.41, 5.74) is 6.18. The minimum absolute atomic E-state index is 0.0660. The molecule has 3 aromatic rings. The molecule has 0 N–H and O–H groups in total. The van der Waals surface area contributed by atoms with E-state index in [-0.39, 0.29) is 5.41 Å². The minimum Gasteiger partial charge on any atom is -0.308 e. The second kappa shape index (κ2) is 5.75. The Balaban J connectivity index is 2.13. The van der Waals surface area contributed by atoms with Crippen LogP contribution in [0.25, 0.3) is 0 Å². The first-order valence-electron chi connectivity index (χ1n) is 7.95. The quantitative estimate of drug-likeness (QED) is 0.381. The molecule has 0 saturated heterocycles. The van der Waals surface area contributed by atoms with Crippen molar-refractivity contribution in [2.45, 2.75) is 19.3 Å². The van der Waals surface area contributed by atoms with Gasteiger partial charge in [-0.2, -0.15) is 0 Å². The molecule has 4 rings (SSSR count). The average Bonchev–Trinajstić information content (AvgIpc) is 2.58. The summed E-state index contributed by atoms with van der Waals surface area (Å²) in [5, 5.41) is 0. The zero-order chi connectivity index (χ0) is 16.9. The number of nitrogens with zero attached hydrogens (tertiary/aromatic N) is 1. The van der Waals surface area contributed by atoms with E-state index in [2.05, 4.69) is 117 Å². The molecule has 3 heteroatoms. The number of benzene rings is 3. The van der Waals surface area contributed by atoms with Crippen LogP contribution in [-0.4, -0.2) is 0 Å². The van der Waals surface area contributed by atoms with Gasteiger partial charge < -0.3 is 4.90 Å². The summed E-state index contributed by atoms with van der Waals surface area (Å²) >= 11 is 7.58. The smallest absolute Gasteiger partial charge is 0.0645 e. The third-order valence-electron chi connectivity index (χ3n) is 4.78. The molecule has 120 valence electrons. The molecule has 0 unspecified atom stereocenters. The Hall–Kier alpha value is -1.58. The molecule has 0 radical (unpaired) electrons. The first-order valence-corrected chi connectivity index (χ1v) is 9.53. The molecule has 1 aliphatic rings. The van der Waals surface area contributed by atoms with Crippen LogP contribution in [0.1, 0.15) is 25.0 Å². The molecule has 0 fully saturated rings. The Labute approximate surface area is 159 Å². The average molecular weight is 443 g/mol. The minimum atomic E-state index is -0.0660. The Morgan fingerprint density at radius 3 is 1.67 bits per heavy atom. The topological polar surface area (TPSA) is 3.24 Å². The first-order chi connectivity index (χ1) is 11.5. The molecule has 0 aromatic heterocycles. The SMILES string of the molecule is CC1(C)c2cccc(Br)c2N(c2ccccc2)c2c(Br)cccc21. The van der Waals surface area contributed by atoms with Crippen molar-refractivity contribution in [1.82, 2.24) is 0 Å². The van der Waals surface area contributed by atoms with Gasteiger partial charge in [-0.3, -0.25) is 0 Å². The van der Waals surface area contributed by atoms with Gasteiger partial charge in [-0.25, -0.2) is 0 Å². The fourth-order valence-corrected chi connectivity index (χ4v) is 4.67. The standard InChI is InChI=1S/C21H17Br2N/c1-21(2)15-10-6-12-17(22)19(15)24(14-8-4-3-5-9-14)20-16(21)11-7-13-18(20)23/h3-13H,1-2H3. The van der Waals surface area contributed by atoms with Crippen molar-refractivity contribution >= 4 is 48.9 Å². The number of rotatable bonds is 1. The maximum absolute atomic E-state index is 3.79. The third-order valence-corrected chi connectivity index (χ3v) is 6.06. The van der Waals surface area contributed by atoms with E-state index in [1.165, 1.54) is 22.5 Å². The van der Waals surface area contributed by atoms with Crippen molar-refractivity contribution in [2.75, 3.05) is 4.90 Å². The number of hydrogen-bond donors (Lipinski definition) is 0. The highest BCUT2D eigenvalue weighted by molar-refractivity contribution is 9.11. The molecular formula is C21H17Br2N. The van der Waals surface area contributed by atoms with E-state index in [4.69, 9.17) is 0 Å². The largest absolute Gasteiger partial charge is 0.308 e. The summed E-state index contributed by atoms with van der Waals surface area (Å²) in [5.74, 6) is 0. The van der Waals surface area contributed by atoms with Crippen molar-refractivity contribution < 1.29 is 0 Å². The van der Waals surface area contributed by atoms with E-state index in [1.807, 2.05) is 0 Å². The molecule has 3 aromatic carbocycles. The predicted octanol–water partition coefficient (Wildman–Crippen LogP) is 7.32. The van der Waals surface area contributed by atoms with E-state index >= 15 is 0 Å². The van der Waals surface area contributed by atoms with Crippen molar-refractivity contribution in [3.05, 3.63) is 86.8 Å². The van der Waals surface area contributed by atoms with Gasteiger partial charge in [0.25, 0.3) is 0 Å². The van der Waals surface area contributed by atoms with Crippen molar-refractivity contribution in [3.8, 4) is 0 Å². The van der Waals surface area contributed by atoms with Gasteiger partial charge in [0.05, 0.1) is 11.4 Å². The van der Waals surface area contributed by atoms with E-state index < -0.39 is 0 Å². The van der Waals surface area contributed by atoms with Gasteiger partial charge in [0.2, 0.25) is 0 Å². The molecule has 0 bridgehead atoms. The lowest BCUT2D eigenvalue weighted by Gasteiger charge is -2.43. The van der Waals surface area contributed by atoms with Gasteiger partial charge in [-0.05, 0) is 67.3 Å². The van der Waals surface area contributed by atoms with Crippen LogP contribution in [0.15, 0.2) is 75.7 Å². The highest BCUT2D eigenvalue weighted by Crippen LogP contribution is 2.55. The second-order valence-corrected chi connectivity index (χ2v) is 8.28. The summed E-state index contributed by atoms with van der Waals surface area (Å²) in [6.45, 7) is 4.60. The third kappa shape index (κ3) is 2.26. The maximum atomic E-state index is 3.79. The van der Waals surface area contributed by atoms with Gasteiger partial charge >= 0.3 is 0 Å². The number of anilines is 3. The zero-order valence-corrected chi connectivity index (χ0v) is 16.7. The number of para-hydroxylation sites is 3. The van der Waals surface area contributed by atoms with Gasteiger partial charge in [0.15, 0.2) is 0 Å². The monoisotopic (exact) mass is 441 g/mol. The van der Waals surface area contributed by atoms with E-state index in [0.717, 1.165) is 14.6 Å². The van der Waals surface area contributed by atoms with Crippen LogP contribution in [0.2, 0.25) is 0 Å². The van der Waals surface area contributed by atoms with Crippen LogP contribution in [0.3, 0.4) is 0 Å². The Morgan fingerprint density at radius 2 is 1.17 bits per heavy atom. The fraction of sp³-hybridized carbons (Fsp3) is 0.143. The molecule has 0 aliphatic carbocycles. The maximum Gasteiger partial charge on any atom is 0.0645 e. The molecule has 0 atom stereocenters. The number of fused-ring (bicyclic) bond motifs is 2. The van der Waals surface area contributed by atoms with Crippen LogP contribution in [0.4, 0.5) is 17.1 Å². The summed E-state index contributed by atoms with van der Waals surface area (Å²) < 4.78 is 2.22. The lowest BCUT2D eigenvalue weighted by atomic mass is 9.73. The van der Waals surface area contributed by atoms with Gasteiger partial charge in [-0.1, -0.05) is 56.3 Å². The van der Waals surface area contributed by atoms with Crippen molar-refractivity contribution in [2.24, 2.45) is 0 Å². The number of hydrogen-bond acceptors (Lipinski definition) is 1. The number of halogens is 2. The van der Waals surface area contributed by atoms with E-state index in [1.54, 1.807) is 0 Å². The molecule has 0 amide bonds. The molecule has 24 heavy (non-hydrogen) atoms. The first kappa shape index (κ1) is 15.9. The Bertz CT molecular complexity index is 861. The van der Waals surface area contributed by atoms with Crippen LogP contribution in [0, 0.1) is 0 Å². The molecule has 0 saturated carbocycles. The summed E-state index contributed by atoms with van der Waals surface area (Å²) in [4.78, 5) is 2.35. The van der Waals surface area contributed by atoms with Crippen LogP contribution >= 0.6 is 31.9 Å². The van der Waals surface area contributed by atoms with E-state index in [9.17, 15) is 0 Å². The molecule has 1 aliphatic heterocycles. The van der Waals surface area contributed by atoms with Crippen LogP contribution in [0.5, 0.6) is 0 Å². The van der Waals surface area contributed by atoms with E-state index in [0.29, 0.717) is 0 Å². The van der Waals surface area contributed by atoms with Crippen molar-refractivity contribution in [1.29, 1.82) is 0 Å². The van der Waals surface area contributed by atoms with Gasteiger partial charge in [-0.15, -0.1) is 0 Å². The fourth-order valence-electron chi connectivity index (χ4n) is 3.59. The summed E-state index contributed by atoms with van der Waals surface area (Å²) in [7, 11) is 0. The predicted molar refractivity (Wildman–Crippen MR) is 109 cm³/mol. The second-order valence-electron chi connectivity index (χ2n) is 6.57. The zero-order valence-electron chi connectivity index (χ0n) is 13.6. The Morgan fingerprint density at radius 1 is 0.667 bits per heavy atom. The summed E-state index contributed by atoms with van der Waals surface area (Å²) in [6, 6.07) is 23.5. The lowest BCUT2D eigenvalue weighted by Crippen LogP contribution is -2.31. The lowest BCUT2D eigenvalue weighted by molar-refractivity contribution is 0.630. The molecular weight excluding hydrogens is 426 g/mol. The van der Waals surface area contributed by atoms with Gasteiger partial charge in [0, 0.05) is 20.0 Å². The molecule has 1 heterocycles. The molecule has 0 spiro atoms. The molecule has 1 nitrogen and oxygen atoms in total. The van der Waals surface area contributed by atoms with Crippen LogP contribution < -0.4 is 4.90 Å². The highest BCUT2D eigenvalue weighted by Gasteiger charge is 2.38. The van der Waals surface area contributed by atoms with Crippen molar-refractivity contribution in [3.63, 3.8) is 0 Å². The van der Waals surface area contributed by atoms with Gasteiger partial charge in [0.1, 0.15) is 0 Å². The normalized spacial score (nSPS) is 14.9. The highest BCUT2D eigenvalue weighted by atomic mass is 79.9. The Kier molecular flexibility index (Phi) is 3.81.